The van der Waals surface area contributed by atoms with Crippen LogP contribution in [0.25, 0.3) is 0 Å². The van der Waals surface area contributed by atoms with Crippen LogP contribution in [-0.4, -0.2) is 0 Å². The molecule has 0 atom stereocenters. The fraction of sp³-hybridized carbons (Fsp3) is 0.167. The zero-order valence-corrected chi connectivity index (χ0v) is 9.10. The van der Waals surface area contributed by atoms with Crippen LogP contribution < -0.4 is 4.74 Å². The molecule has 0 fully saturated rings. The Kier molecular flexibility index (Phi) is 2.64. The van der Waals surface area contributed by atoms with Crippen molar-refractivity contribution in [1.82, 2.24) is 0 Å². The van der Waals surface area contributed by atoms with Crippen LogP contribution in [0.15, 0.2) is 52.0 Å². The van der Waals surface area contributed by atoms with Crippen LogP contribution in [0.2, 0.25) is 0 Å². The molecule has 0 unspecified atom stereocenters. The number of fused-ring (bicyclic) bond motifs is 1. The highest BCUT2D eigenvalue weighted by Crippen LogP contribution is 2.41. The molecule has 1 heterocycles. The van der Waals surface area contributed by atoms with Gasteiger partial charge in [0.2, 0.25) is 0 Å². The minimum absolute atomic E-state index is 0.955. The Labute approximate surface area is 88.5 Å². The van der Waals surface area contributed by atoms with E-state index in [-0.39, 0.29) is 0 Å². The largest absolute Gasteiger partial charge is 0.455 e. The first-order chi connectivity index (χ1) is 6.81. The summed E-state index contributed by atoms with van der Waals surface area (Å²) in [5.41, 5.74) is 0. The topological polar surface area (TPSA) is 9.23 Å². The Balaban J connectivity index is 2.36. The highest BCUT2D eigenvalue weighted by atomic mass is 32.2. The van der Waals surface area contributed by atoms with E-state index in [0.717, 1.165) is 11.5 Å². The number of rotatable bonds is 1. The lowest BCUT2D eigenvalue weighted by Gasteiger charge is -2.18. The molecule has 0 saturated carbocycles. The highest BCUT2D eigenvalue weighted by molar-refractivity contribution is 8.03. The second-order valence-electron chi connectivity index (χ2n) is 3.07. The van der Waals surface area contributed by atoms with Crippen molar-refractivity contribution < 1.29 is 4.74 Å². The quantitative estimate of drug-likeness (QED) is 0.684. The van der Waals surface area contributed by atoms with E-state index >= 15 is 0 Å². The summed E-state index contributed by atoms with van der Waals surface area (Å²) < 4.78 is 5.76. The molecule has 1 aliphatic heterocycles. The molecule has 72 valence electrons. The Morgan fingerprint density at radius 3 is 2.86 bits per heavy atom. The van der Waals surface area contributed by atoms with Gasteiger partial charge in [0.15, 0.2) is 0 Å². The van der Waals surface area contributed by atoms with Crippen molar-refractivity contribution in [2.75, 3.05) is 0 Å². The molecule has 0 amide bonds. The average Bonchev–Trinajstić information content (AvgIpc) is 2.19. The molecule has 1 aromatic rings. The number of para-hydroxylation sites is 1. The fourth-order valence-electron chi connectivity index (χ4n) is 1.33. The van der Waals surface area contributed by atoms with Crippen LogP contribution in [0.5, 0.6) is 5.75 Å². The normalized spacial score (nSPS) is 15.6. The van der Waals surface area contributed by atoms with Crippen LogP contribution >= 0.6 is 11.8 Å². The van der Waals surface area contributed by atoms with Gasteiger partial charge < -0.3 is 4.74 Å². The molecule has 0 aliphatic carbocycles. The molecule has 1 aromatic carbocycles. The minimum Gasteiger partial charge on any atom is -0.455 e. The molecule has 2 rings (SSSR count). The van der Waals surface area contributed by atoms with Crippen molar-refractivity contribution in [2.45, 2.75) is 18.7 Å². The van der Waals surface area contributed by atoms with E-state index in [0.29, 0.717) is 0 Å². The Morgan fingerprint density at radius 1 is 1.29 bits per heavy atom. The van der Waals surface area contributed by atoms with Crippen molar-refractivity contribution >= 4 is 11.8 Å². The molecular weight excluding hydrogens is 192 g/mol. The zero-order valence-electron chi connectivity index (χ0n) is 8.28. The number of allylic oxidation sites excluding steroid dienone is 3. The maximum Gasteiger partial charge on any atom is 0.141 e. The van der Waals surface area contributed by atoms with Gasteiger partial charge in [0.1, 0.15) is 11.5 Å². The molecule has 0 aromatic heterocycles. The lowest BCUT2D eigenvalue weighted by molar-refractivity contribution is 0.428. The summed E-state index contributed by atoms with van der Waals surface area (Å²) in [6.45, 7) is 4.07. The number of hydrogen-bond acceptors (Lipinski definition) is 2. The van der Waals surface area contributed by atoms with Gasteiger partial charge in [-0.1, -0.05) is 30.0 Å². The Hall–Kier alpha value is -1.15. The van der Waals surface area contributed by atoms with E-state index in [9.17, 15) is 0 Å². The predicted molar refractivity (Wildman–Crippen MR) is 60.4 cm³/mol. The predicted octanol–water partition coefficient (Wildman–Crippen LogP) is 3.98. The lowest BCUT2D eigenvalue weighted by atomic mass is 10.3. The standard InChI is InChI=1S/C12H12OS/c1-3-6-10-9(2)14-12-8-5-4-7-11(12)13-10/h3-8H,1-2H3/b6-3-. The molecule has 1 aliphatic rings. The molecular formula is C12H12OS. The zero-order chi connectivity index (χ0) is 9.97. The molecule has 0 N–H and O–H groups in total. The van der Waals surface area contributed by atoms with Crippen molar-refractivity contribution in [3.8, 4) is 5.75 Å². The van der Waals surface area contributed by atoms with Crippen molar-refractivity contribution in [2.24, 2.45) is 0 Å². The third kappa shape index (κ3) is 1.70. The maximum absolute atomic E-state index is 5.76. The number of thioether (sulfide) groups is 1. The second-order valence-corrected chi connectivity index (χ2v) is 4.33. The number of benzene rings is 1. The van der Waals surface area contributed by atoms with Gasteiger partial charge in [-0.3, -0.25) is 0 Å². The van der Waals surface area contributed by atoms with Crippen LogP contribution in [0, 0.1) is 0 Å². The van der Waals surface area contributed by atoms with E-state index in [1.807, 2.05) is 37.3 Å². The lowest BCUT2D eigenvalue weighted by Crippen LogP contribution is -2.00. The van der Waals surface area contributed by atoms with Gasteiger partial charge in [0.25, 0.3) is 0 Å². The van der Waals surface area contributed by atoms with Gasteiger partial charge in [-0.25, -0.2) is 0 Å². The Bertz CT molecular complexity index is 405. The van der Waals surface area contributed by atoms with E-state index in [1.54, 1.807) is 11.8 Å². The second kappa shape index (κ2) is 3.93. The molecule has 0 bridgehead atoms. The molecule has 1 nitrogen and oxygen atoms in total. The Morgan fingerprint density at radius 2 is 2.07 bits per heavy atom. The first-order valence-corrected chi connectivity index (χ1v) is 5.41. The van der Waals surface area contributed by atoms with E-state index in [1.165, 1.54) is 9.80 Å². The fourth-order valence-corrected chi connectivity index (χ4v) is 2.22. The first kappa shape index (κ1) is 9.41. The summed E-state index contributed by atoms with van der Waals surface area (Å²) in [5, 5.41) is 0. The summed E-state index contributed by atoms with van der Waals surface area (Å²) in [7, 11) is 0. The van der Waals surface area contributed by atoms with Crippen molar-refractivity contribution in [3.63, 3.8) is 0 Å². The van der Waals surface area contributed by atoms with E-state index < -0.39 is 0 Å². The molecule has 0 spiro atoms. The highest BCUT2D eigenvalue weighted by Gasteiger charge is 2.14. The smallest absolute Gasteiger partial charge is 0.141 e. The van der Waals surface area contributed by atoms with Crippen LogP contribution in [0.4, 0.5) is 0 Å². The summed E-state index contributed by atoms with van der Waals surface area (Å²) >= 11 is 1.76. The van der Waals surface area contributed by atoms with Gasteiger partial charge in [0.05, 0.1) is 4.90 Å². The maximum atomic E-state index is 5.76. The third-order valence-electron chi connectivity index (χ3n) is 2.00. The van der Waals surface area contributed by atoms with Crippen LogP contribution in [0.3, 0.4) is 0 Å². The van der Waals surface area contributed by atoms with Crippen molar-refractivity contribution in [1.29, 1.82) is 0 Å². The monoisotopic (exact) mass is 204 g/mol. The third-order valence-corrected chi connectivity index (χ3v) is 3.06. The van der Waals surface area contributed by atoms with Crippen LogP contribution in [-0.2, 0) is 0 Å². The molecule has 0 radical (unpaired) electrons. The van der Waals surface area contributed by atoms with E-state index in [2.05, 4.69) is 13.0 Å². The number of hydrogen-bond donors (Lipinski definition) is 0. The summed E-state index contributed by atoms with van der Waals surface area (Å²) in [6, 6.07) is 8.10. The van der Waals surface area contributed by atoms with Gasteiger partial charge in [-0.05, 0) is 32.1 Å². The van der Waals surface area contributed by atoms with Gasteiger partial charge >= 0.3 is 0 Å². The molecule has 14 heavy (non-hydrogen) atoms. The van der Waals surface area contributed by atoms with Crippen LogP contribution in [0.1, 0.15) is 13.8 Å². The summed E-state index contributed by atoms with van der Waals surface area (Å²) in [4.78, 5) is 2.40. The number of ether oxygens (including phenoxy) is 1. The minimum atomic E-state index is 0.955. The van der Waals surface area contributed by atoms with Gasteiger partial charge in [0, 0.05) is 4.91 Å². The summed E-state index contributed by atoms with van der Waals surface area (Å²) in [5.74, 6) is 1.91. The van der Waals surface area contributed by atoms with Gasteiger partial charge in [-0.2, -0.15) is 0 Å². The van der Waals surface area contributed by atoms with Crippen molar-refractivity contribution in [3.05, 3.63) is 47.1 Å². The average molecular weight is 204 g/mol. The first-order valence-electron chi connectivity index (χ1n) is 4.59. The van der Waals surface area contributed by atoms with Gasteiger partial charge in [-0.15, -0.1) is 0 Å². The molecule has 2 heteroatoms. The van der Waals surface area contributed by atoms with E-state index in [4.69, 9.17) is 4.74 Å². The SMILES string of the molecule is C/C=C\C1=C(C)Sc2ccccc2O1. The molecule has 0 saturated heterocycles. The summed E-state index contributed by atoms with van der Waals surface area (Å²) in [6.07, 6.45) is 3.99.